The third kappa shape index (κ3) is 3.33. The van der Waals surface area contributed by atoms with Gasteiger partial charge in [-0.2, -0.15) is 19.7 Å². The SMILES string of the molecule is Cc1cc(=O)n2ncnc2n1CC(=O)NN=Cc1ccc(Cl)cc1. The summed E-state index contributed by atoms with van der Waals surface area (Å²) in [4.78, 5) is 27.8. The molecule has 24 heavy (non-hydrogen) atoms. The maximum atomic E-state index is 12.1. The third-order valence-electron chi connectivity index (χ3n) is 3.31. The molecule has 0 saturated carbocycles. The number of carbonyl (C=O) groups is 1. The number of hydrogen-bond acceptors (Lipinski definition) is 5. The first kappa shape index (κ1) is 15.9. The molecule has 1 aromatic carbocycles. The van der Waals surface area contributed by atoms with Crippen LogP contribution in [0.25, 0.3) is 5.78 Å². The molecule has 0 aliphatic heterocycles. The van der Waals surface area contributed by atoms with Crippen molar-refractivity contribution in [2.45, 2.75) is 13.5 Å². The van der Waals surface area contributed by atoms with Crippen LogP contribution in [0.4, 0.5) is 0 Å². The number of amides is 1. The van der Waals surface area contributed by atoms with Crippen LogP contribution < -0.4 is 11.0 Å². The topological polar surface area (TPSA) is 93.7 Å². The number of carbonyl (C=O) groups excluding carboxylic acids is 1. The number of halogens is 1. The predicted molar refractivity (Wildman–Crippen MR) is 89.2 cm³/mol. The van der Waals surface area contributed by atoms with Gasteiger partial charge < -0.3 is 4.57 Å². The van der Waals surface area contributed by atoms with Crippen molar-refractivity contribution in [1.29, 1.82) is 0 Å². The molecule has 2 heterocycles. The highest BCUT2D eigenvalue weighted by Gasteiger charge is 2.11. The quantitative estimate of drug-likeness (QED) is 0.564. The number of aryl methyl sites for hydroxylation is 1. The molecule has 0 unspecified atom stereocenters. The first-order valence-electron chi connectivity index (χ1n) is 7.02. The van der Waals surface area contributed by atoms with Crippen LogP contribution >= 0.6 is 11.6 Å². The number of nitrogens with one attached hydrogen (secondary N) is 1. The zero-order valence-electron chi connectivity index (χ0n) is 12.7. The molecule has 0 saturated heterocycles. The molecule has 8 nitrogen and oxygen atoms in total. The normalized spacial score (nSPS) is 11.2. The molecular weight excluding hydrogens is 332 g/mol. The lowest BCUT2D eigenvalue weighted by molar-refractivity contribution is -0.121. The molecule has 0 aliphatic rings. The summed E-state index contributed by atoms with van der Waals surface area (Å²) >= 11 is 5.80. The number of hydrogen-bond donors (Lipinski definition) is 1. The van der Waals surface area contributed by atoms with Crippen LogP contribution in [-0.2, 0) is 11.3 Å². The van der Waals surface area contributed by atoms with Crippen molar-refractivity contribution in [2.75, 3.05) is 0 Å². The fourth-order valence-electron chi connectivity index (χ4n) is 2.15. The van der Waals surface area contributed by atoms with Gasteiger partial charge in [-0.25, -0.2) is 5.43 Å². The Kier molecular flexibility index (Phi) is 4.39. The monoisotopic (exact) mass is 344 g/mol. The average Bonchev–Trinajstić information content (AvgIpc) is 3.03. The fourth-order valence-corrected chi connectivity index (χ4v) is 2.28. The maximum Gasteiger partial charge on any atom is 0.275 e. The summed E-state index contributed by atoms with van der Waals surface area (Å²) in [6, 6.07) is 8.42. The van der Waals surface area contributed by atoms with Gasteiger partial charge in [-0.05, 0) is 24.6 Å². The summed E-state index contributed by atoms with van der Waals surface area (Å²) in [5.41, 5.74) is 3.55. The lowest BCUT2D eigenvalue weighted by Gasteiger charge is -2.09. The van der Waals surface area contributed by atoms with Gasteiger partial charge in [0.15, 0.2) is 0 Å². The first-order valence-corrected chi connectivity index (χ1v) is 7.40. The highest BCUT2D eigenvalue weighted by atomic mass is 35.5. The maximum absolute atomic E-state index is 12.1. The van der Waals surface area contributed by atoms with Gasteiger partial charge in [-0.15, -0.1) is 0 Å². The van der Waals surface area contributed by atoms with Crippen molar-refractivity contribution in [2.24, 2.45) is 5.10 Å². The average molecular weight is 345 g/mol. The number of aromatic nitrogens is 4. The van der Waals surface area contributed by atoms with Crippen LogP contribution in [-0.4, -0.2) is 31.3 Å². The van der Waals surface area contributed by atoms with Gasteiger partial charge in [-0.1, -0.05) is 23.7 Å². The summed E-state index contributed by atoms with van der Waals surface area (Å²) in [6.45, 7) is 1.69. The van der Waals surface area contributed by atoms with Crippen molar-refractivity contribution in [1.82, 2.24) is 24.6 Å². The third-order valence-corrected chi connectivity index (χ3v) is 3.56. The number of fused-ring (bicyclic) bond motifs is 1. The Balaban J connectivity index is 1.72. The highest BCUT2D eigenvalue weighted by Crippen LogP contribution is 2.07. The van der Waals surface area contributed by atoms with Gasteiger partial charge >= 0.3 is 0 Å². The van der Waals surface area contributed by atoms with Crippen LogP contribution in [0.5, 0.6) is 0 Å². The van der Waals surface area contributed by atoms with Crippen molar-refractivity contribution in [3.05, 3.63) is 63.3 Å². The largest absolute Gasteiger partial charge is 0.305 e. The van der Waals surface area contributed by atoms with E-state index >= 15 is 0 Å². The van der Waals surface area contributed by atoms with Gasteiger partial charge in [0.25, 0.3) is 11.5 Å². The molecule has 2 aromatic heterocycles. The molecule has 1 N–H and O–H groups in total. The van der Waals surface area contributed by atoms with Crippen LogP contribution in [0.15, 0.2) is 46.6 Å². The van der Waals surface area contributed by atoms with E-state index in [1.807, 2.05) is 0 Å². The molecule has 3 aromatic rings. The van der Waals surface area contributed by atoms with E-state index in [0.29, 0.717) is 16.5 Å². The molecule has 0 radical (unpaired) electrons. The molecule has 0 spiro atoms. The predicted octanol–water partition coefficient (Wildman–Crippen LogP) is 1.00. The lowest BCUT2D eigenvalue weighted by atomic mass is 10.2. The smallest absolute Gasteiger partial charge is 0.275 e. The molecule has 0 aliphatic carbocycles. The Hall–Kier alpha value is -3.00. The van der Waals surface area contributed by atoms with Crippen LogP contribution in [0.3, 0.4) is 0 Å². The standard InChI is InChI=1S/C15H13ClN6O2/c1-10-6-14(24)22-15(17-9-19-22)21(10)8-13(23)20-18-7-11-2-4-12(16)5-3-11/h2-7,9H,8H2,1H3,(H,20,23). The highest BCUT2D eigenvalue weighted by molar-refractivity contribution is 6.30. The Labute approximate surface area is 141 Å². The Morgan fingerprint density at radius 2 is 2.12 bits per heavy atom. The van der Waals surface area contributed by atoms with Gasteiger partial charge in [0.05, 0.1) is 6.21 Å². The first-order chi connectivity index (χ1) is 11.5. The summed E-state index contributed by atoms with van der Waals surface area (Å²) in [6.07, 6.45) is 2.78. The summed E-state index contributed by atoms with van der Waals surface area (Å²) in [5, 5.41) is 8.36. The van der Waals surface area contributed by atoms with Gasteiger partial charge in [0.1, 0.15) is 12.9 Å². The van der Waals surface area contributed by atoms with Crippen molar-refractivity contribution in [3.63, 3.8) is 0 Å². The van der Waals surface area contributed by atoms with Gasteiger partial charge in [0.2, 0.25) is 5.78 Å². The van der Waals surface area contributed by atoms with Gasteiger partial charge in [0, 0.05) is 16.8 Å². The molecule has 3 rings (SSSR count). The minimum atomic E-state index is -0.350. The zero-order valence-corrected chi connectivity index (χ0v) is 13.4. The minimum Gasteiger partial charge on any atom is -0.305 e. The van der Waals surface area contributed by atoms with E-state index in [4.69, 9.17) is 11.6 Å². The Bertz CT molecular complexity index is 974. The van der Waals surface area contributed by atoms with Crippen molar-refractivity contribution < 1.29 is 4.79 Å². The molecule has 122 valence electrons. The molecule has 0 atom stereocenters. The second kappa shape index (κ2) is 6.63. The van der Waals surface area contributed by atoms with E-state index in [1.165, 1.54) is 18.6 Å². The van der Waals surface area contributed by atoms with E-state index in [0.717, 1.165) is 10.1 Å². The van der Waals surface area contributed by atoms with Crippen LogP contribution in [0.2, 0.25) is 5.02 Å². The summed E-state index contributed by atoms with van der Waals surface area (Å²) in [7, 11) is 0. The van der Waals surface area contributed by atoms with Crippen LogP contribution in [0, 0.1) is 6.92 Å². The minimum absolute atomic E-state index is 0.0355. The van der Waals surface area contributed by atoms with E-state index in [9.17, 15) is 9.59 Å². The second-order valence-electron chi connectivity index (χ2n) is 5.03. The van der Waals surface area contributed by atoms with E-state index in [2.05, 4.69) is 20.6 Å². The number of benzene rings is 1. The Morgan fingerprint density at radius 1 is 1.38 bits per heavy atom. The van der Waals surface area contributed by atoms with E-state index in [1.54, 1.807) is 35.8 Å². The number of nitrogens with zero attached hydrogens (tertiary/aromatic N) is 5. The summed E-state index contributed by atoms with van der Waals surface area (Å²) in [5.74, 6) is -0.0475. The summed E-state index contributed by atoms with van der Waals surface area (Å²) < 4.78 is 2.72. The number of rotatable bonds is 4. The van der Waals surface area contributed by atoms with Gasteiger partial charge in [-0.3, -0.25) is 9.59 Å². The van der Waals surface area contributed by atoms with E-state index < -0.39 is 0 Å². The molecular formula is C15H13ClN6O2. The van der Waals surface area contributed by atoms with Crippen molar-refractivity contribution >= 4 is 29.5 Å². The number of hydrazone groups is 1. The molecule has 0 fully saturated rings. The second-order valence-corrected chi connectivity index (χ2v) is 5.46. The fraction of sp³-hybridized carbons (Fsp3) is 0.133. The molecule has 1 amide bonds. The van der Waals surface area contributed by atoms with Crippen LogP contribution in [0.1, 0.15) is 11.3 Å². The molecule has 9 heteroatoms. The molecule has 0 bridgehead atoms. The van der Waals surface area contributed by atoms with Crippen molar-refractivity contribution in [3.8, 4) is 0 Å². The Morgan fingerprint density at radius 3 is 2.88 bits per heavy atom. The zero-order chi connectivity index (χ0) is 17.1. The lowest BCUT2D eigenvalue weighted by Crippen LogP contribution is -2.27. The van der Waals surface area contributed by atoms with E-state index in [-0.39, 0.29) is 18.0 Å².